The molecule has 1 fully saturated rings. The predicted octanol–water partition coefficient (Wildman–Crippen LogP) is 3.34. The van der Waals surface area contributed by atoms with Crippen molar-refractivity contribution < 1.29 is 47.7 Å². The van der Waals surface area contributed by atoms with Crippen molar-refractivity contribution in [3.05, 3.63) is 131 Å². The summed E-state index contributed by atoms with van der Waals surface area (Å²) in [7, 11) is 0. The van der Waals surface area contributed by atoms with Gasteiger partial charge in [0.25, 0.3) is 0 Å². The summed E-state index contributed by atoms with van der Waals surface area (Å²) in [6, 6.07) is 31.6. The highest BCUT2D eigenvalue weighted by Gasteiger charge is 2.33. The van der Waals surface area contributed by atoms with Crippen LogP contribution in [0.5, 0.6) is 0 Å². The smallest absolute Gasteiger partial charge is 0.407 e. The summed E-state index contributed by atoms with van der Waals surface area (Å²) in [5, 5.41) is 13.6. The Morgan fingerprint density at radius 1 is 0.613 bits per heavy atom. The van der Waals surface area contributed by atoms with Crippen LogP contribution >= 0.6 is 0 Å². The molecule has 1 heterocycles. The molecule has 0 aromatic heterocycles. The van der Waals surface area contributed by atoms with E-state index in [0.717, 1.165) is 33.4 Å². The topological polar surface area (TPSA) is 199 Å². The van der Waals surface area contributed by atoms with Gasteiger partial charge in [-0.25, -0.2) is 9.59 Å². The van der Waals surface area contributed by atoms with Gasteiger partial charge in [0.05, 0.1) is 33.0 Å². The summed E-state index contributed by atoms with van der Waals surface area (Å²) in [5.74, 6) is -2.58. The molecule has 0 radical (unpaired) electrons. The molecular weight excluding hydrogens is 795 g/mol. The van der Waals surface area contributed by atoms with E-state index in [1.165, 1.54) is 0 Å². The largest absolute Gasteiger partial charge is 0.464 e. The summed E-state index contributed by atoms with van der Waals surface area (Å²) in [6.45, 7) is 1.95. The second kappa shape index (κ2) is 23.4. The van der Waals surface area contributed by atoms with E-state index in [2.05, 4.69) is 50.8 Å². The lowest BCUT2D eigenvalue weighted by atomic mass is 9.98. The van der Waals surface area contributed by atoms with Gasteiger partial charge in [0.1, 0.15) is 24.7 Å². The van der Waals surface area contributed by atoms with Crippen LogP contribution in [0.25, 0.3) is 11.1 Å². The van der Waals surface area contributed by atoms with Crippen molar-refractivity contribution in [1.82, 2.24) is 26.6 Å². The fraction of sp³-hybridized carbons (Fsp3) is 0.362. The average Bonchev–Trinajstić information content (AvgIpc) is 3.84. The van der Waals surface area contributed by atoms with Gasteiger partial charge < -0.3 is 45.5 Å². The molecule has 3 unspecified atom stereocenters. The normalized spacial score (nSPS) is 15.0. The third-order valence-electron chi connectivity index (χ3n) is 10.5. The molecule has 5 amide bonds. The number of hydrogen-bond acceptors (Lipinski definition) is 10. The number of carbonyl (C=O) groups excluding carboxylic acids is 6. The first-order valence-electron chi connectivity index (χ1n) is 20.9. The van der Waals surface area contributed by atoms with Crippen LogP contribution in [-0.4, -0.2) is 107 Å². The van der Waals surface area contributed by atoms with E-state index in [1.807, 2.05) is 84.9 Å². The number of cyclic esters (lactones) is 1. The number of amides is 5. The fourth-order valence-electron chi connectivity index (χ4n) is 7.33. The number of benzene rings is 4. The molecule has 326 valence electrons. The Hall–Kier alpha value is -6.58. The van der Waals surface area contributed by atoms with Gasteiger partial charge in [-0.05, 0) is 33.4 Å². The number of rotatable bonds is 23. The molecule has 0 spiro atoms. The number of alkyl carbamates (subject to hydrolysis) is 1. The van der Waals surface area contributed by atoms with Crippen molar-refractivity contribution in [2.75, 3.05) is 52.7 Å². The summed E-state index contributed by atoms with van der Waals surface area (Å²) in [6.07, 6.45) is -0.213. The van der Waals surface area contributed by atoms with Gasteiger partial charge in [-0.1, -0.05) is 109 Å². The van der Waals surface area contributed by atoms with Gasteiger partial charge >= 0.3 is 12.1 Å². The quantitative estimate of drug-likeness (QED) is 0.0545. The molecule has 62 heavy (non-hydrogen) atoms. The zero-order valence-electron chi connectivity index (χ0n) is 34.5. The van der Waals surface area contributed by atoms with Crippen molar-refractivity contribution in [2.45, 2.75) is 56.1 Å². The molecule has 1 aliphatic heterocycles. The molecule has 0 bridgehead atoms. The first kappa shape index (κ1) is 45.0. The van der Waals surface area contributed by atoms with E-state index in [1.54, 1.807) is 0 Å². The van der Waals surface area contributed by atoms with Crippen LogP contribution in [0.4, 0.5) is 4.79 Å². The van der Waals surface area contributed by atoms with Crippen LogP contribution in [0.1, 0.15) is 47.4 Å². The van der Waals surface area contributed by atoms with Crippen LogP contribution in [0, 0.1) is 0 Å². The molecule has 1 aliphatic carbocycles. The third-order valence-corrected chi connectivity index (χ3v) is 10.5. The van der Waals surface area contributed by atoms with E-state index in [9.17, 15) is 28.8 Å². The number of ether oxygens (including phenoxy) is 4. The Balaban J connectivity index is 0.851. The minimum atomic E-state index is -1.06. The molecule has 15 heteroatoms. The van der Waals surface area contributed by atoms with Crippen molar-refractivity contribution in [3.63, 3.8) is 0 Å². The zero-order valence-corrected chi connectivity index (χ0v) is 34.5. The highest BCUT2D eigenvalue weighted by molar-refractivity contribution is 5.94. The molecule has 4 aromatic carbocycles. The first-order chi connectivity index (χ1) is 30.2. The Kier molecular flexibility index (Phi) is 17.0. The Bertz CT molecular complexity index is 2090. The molecule has 4 aromatic rings. The maximum absolute atomic E-state index is 13.8. The minimum absolute atomic E-state index is 0.0183. The first-order valence-corrected chi connectivity index (χ1v) is 20.9. The lowest BCUT2D eigenvalue weighted by Crippen LogP contribution is -2.56. The Labute approximate surface area is 360 Å². The third kappa shape index (κ3) is 13.5. The summed E-state index contributed by atoms with van der Waals surface area (Å²) in [5.41, 5.74) is 6.17. The monoisotopic (exact) mass is 847 g/mol. The molecule has 3 atom stereocenters. The molecular formula is C47H53N5O10. The summed E-state index contributed by atoms with van der Waals surface area (Å²) < 4.78 is 21.6. The summed E-state index contributed by atoms with van der Waals surface area (Å²) in [4.78, 5) is 77.2. The second-order valence-corrected chi connectivity index (χ2v) is 14.9. The molecule has 6 rings (SSSR count). The van der Waals surface area contributed by atoms with Crippen LogP contribution in [-0.2, 0) is 55.8 Å². The predicted molar refractivity (Wildman–Crippen MR) is 229 cm³/mol. The lowest BCUT2D eigenvalue weighted by molar-refractivity contribution is -0.141. The maximum atomic E-state index is 13.8. The SMILES string of the molecule is O=C(CCC(=O)NC(Cc1ccccc1)C(=O)NC(Cc1ccccc1)C(=O)NC1CCOC1=O)NCCOCCOCCNC(=O)OCC1c2ccccc2-c2ccccc21. The Morgan fingerprint density at radius 3 is 1.73 bits per heavy atom. The van der Waals surface area contributed by atoms with Gasteiger partial charge in [-0.15, -0.1) is 0 Å². The van der Waals surface area contributed by atoms with Gasteiger partial charge in [0.2, 0.25) is 23.6 Å². The Morgan fingerprint density at radius 2 is 1.15 bits per heavy atom. The van der Waals surface area contributed by atoms with Crippen molar-refractivity contribution in [3.8, 4) is 11.1 Å². The van der Waals surface area contributed by atoms with Crippen LogP contribution in [0.3, 0.4) is 0 Å². The van der Waals surface area contributed by atoms with Gasteiger partial charge in [-0.3, -0.25) is 19.2 Å². The van der Waals surface area contributed by atoms with Gasteiger partial charge in [0, 0.05) is 51.1 Å². The highest BCUT2D eigenvalue weighted by atomic mass is 16.6. The van der Waals surface area contributed by atoms with Crippen molar-refractivity contribution in [2.24, 2.45) is 0 Å². The van der Waals surface area contributed by atoms with Gasteiger partial charge in [0.15, 0.2) is 0 Å². The number of fused-ring (bicyclic) bond motifs is 3. The standard InChI is InChI=1S/C47H53N5O10/c53-42(48-22-25-59-27-28-60-26-23-49-47(58)62-31-38-36-17-9-7-15-34(36)35-16-8-10-18-37(35)38)19-20-43(54)50-40(29-32-11-3-1-4-12-32)44(55)52-41(30-33-13-5-2-6-14-33)45(56)51-39-21-24-61-46(39)57/h1-18,38-41H,19-31H2,(H,48,53)(H,49,58)(H,50,54)(H,51,56)(H,52,55). The summed E-state index contributed by atoms with van der Waals surface area (Å²) >= 11 is 0. The fourth-order valence-corrected chi connectivity index (χ4v) is 7.33. The molecule has 5 N–H and O–H groups in total. The number of esters is 1. The minimum Gasteiger partial charge on any atom is -0.464 e. The van der Waals surface area contributed by atoms with Crippen LogP contribution in [0.15, 0.2) is 109 Å². The van der Waals surface area contributed by atoms with Gasteiger partial charge in [-0.2, -0.15) is 0 Å². The zero-order chi connectivity index (χ0) is 43.5. The molecule has 2 aliphatic rings. The van der Waals surface area contributed by atoms with E-state index in [-0.39, 0.29) is 90.2 Å². The van der Waals surface area contributed by atoms with E-state index < -0.39 is 47.9 Å². The van der Waals surface area contributed by atoms with E-state index in [0.29, 0.717) is 6.42 Å². The van der Waals surface area contributed by atoms with Crippen molar-refractivity contribution in [1.29, 1.82) is 0 Å². The number of hydrogen-bond donors (Lipinski definition) is 5. The van der Waals surface area contributed by atoms with Crippen LogP contribution < -0.4 is 26.6 Å². The van der Waals surface area contributed by atoms with Crippen LogP contribution in [0.2, 0.25) is 0 Å². The molecule has 0 saturated carbocycles. The second-order valence-electron chi connectivity index (χ2n) is 14.9. The average molecular weight is 848 g/mol. The van der Waals surface area contributed by atoms with E-state index >= 15 is 0 Å². The van der Waals surface area contributed by atoms with Crippen molar-refractivity contribution >= 4 is 35.7 Å². The lowest BCUT2D eigenvalue weighted by Gasteiger charge is -2.24. The molecule has 1 saturated heterocycles. The molecule has 15 nitrogen and oxygen atoms in total. The highest BCUT2D eigenvalue weighted by Crippen LogP contribution is 2.44. The number of nitrogens with one attached hydrogen (secondary N) is 5. The number of carbonyl (C=O) groups is 6. The van der Waals surface area contributed by atoms with E-state index in [4.69, 9.17) is 18.9 Å². The maximum Gasteiger partial charge on any atom is 0.407 e.